The Kier molecular flexibility index (Phi) is 7.78. The third-order valence-electron chi connectivity index (χ3n) is 4.82. The van der Waals surface area contributed by atoms with Crippen LogP contribution in [0.2, 0.25) is 0 Å². The van der Waals surface area contributed by atoms with Crippen molar-refractivity contribution < 1.29 is 9.53 Å². The molecule has 32 heavy (non-hydrogen) atoms. The minimum Gasteiger partial charge on any atom is -0.497 e. The lowest BCUT2D eigenvalue weighted by molar-refractivity contribution is -0.118. The Labute approximate surface area is 204 Å². The van der Waals surface area contributed by atoms with Gasteiger partial charge in [0.05, 0.1) is 23.9 Å². The van der Waals surface area contributed by atoms with Crippen LogP contribution in [0.15, 0.2) is 76.4 Å². The number of carbonyl (C=O) groups is 1. The first kappa shape index (κ1) is 22.8. The summed E-state index contributed by atoms with van der Waals surface area (Å²) in [7, 11) is 1.66. The lowest BCUT2D eigenvalue weighted by Crippen LogP contribution is -2.30. The van der Waals surface area contributed by atoms with E-state index in [1.165, 1.54) is 16.2 Å². The van der Waals surface area contributed by atoms with Gasteiger partial charge in [0.15, 0.2) is 5.13 Å². The molecule has 1 amide bonds. The molecule has 0 saturated carbocycles. The number of pyridine rings is 1. The largest absolute Gasteiger partial charge is 0.497 e. The van der Waals surface area contributed by atoms with Crippen molar-refractivity contribution >= 4 is 60.3 Å². The smallest absolute Gasteiger partial charge is 0.229 e. The first-order valence-electron chi connectivity index (χ1n) is 10.1. The van der Waals surface area contributed by atoms with Crippen molar-refractivity contribution in [2.75, 3.05) is 17.8 Å². The maximum atomic E-state index is 13.2. The Morgan fingerprint density at radius 1 is 1.12 bits per heavy atom. The number of hydrogen-bond donors (Lipinski definition) is 0. The number of thiazole rings is 1. The number of thioether (sulfide) groups is 1. The van der Waals surface area contributed by atoms with Crippen LogP contribution in [0.4, 0.5) is 5.13 Å². The number of fused-ring (bicyclic) bond motifs is 1. The van der Waals surface area contributed by atoms with Gasteiger partial charge in [-0.2, -0.15) is 0 Å². The number of nitrogens with zero attached hydrogens (tertiary/aromatic N) is 3. The summed E-state index contributed by atoms with van der Waals surface area (Å²) in [5, 5.41) is 0.725. The van der Waals surface area contributed by atoms with Gasteiger partial charge in [-0.25, -0.2) is 4.98 Å². The molecule has 0 radical (unpaired) electrons. The van der Waals surface area contributed by atoms with Crippen LogP contribution in [0.5, 0.6) is 5.75 Å². The van der Waals surface area contributed by atoms with Gasteiger partial charge in [-0.05, 0) is 72.3 Å². The number of rotatable bonds is 9. The topological polar surface area (TPSA) is 55.3 Å². The van der Waals surface area contributed by atoms with Gasteiger partial charge >= 0.3 is 0 Å². The van der Waals surface area contributed by atoms with E-state index in [4.69, 9.17) is 9.72 Å². The van der Waals surface area contributed by atoms with Gasteiger partial charge in [0.25, 0.3) is 0 Å². The summed E-state index contributed by atoms with van der Waals surface area (Å²) in [5.41, 5.74) is 1.93. The molecular weight excluding hydrogens is 506 g/mol. The van der Waals surface area contributed by atoms with Crippen LogP contribution >= 0.6 is 39.0 Å². The summed E-state index contributed by atoms with van der Waals surface area (Å²) in [6.07, 6.45) is 4.75. The second-order valence-electron chi connectivity index (χ2n) is 7.07. The summed E-state index contributed by atoms with van der Waals surface area (Å²) in [6.45, 7) is 0.480. The standard InChI is InChI=1S/C24H22BrN3O2S2/c1-30-19-5-7-20(8-6-19)31-14-2-3-23(29)28(16-17-10-12-26-13-11-17)24-27-21-9-4-18(25)15-22(21)32-24/h4-13,15H,2-3,14,16H2,1H3. The van der Waals surface area contributed by atoms with Gasteiger partial charge in [-0.3, -0.25) is 14.7 Å². The minimum atomic E-state index is 0.0789. The fourth-order valence-electron chi connectivity index (χ4n) is 3.16. The van der Waals surface area contributed by atoms with Gasteiger partial charge in [0.2, 0.25) is 5.91 Å². The molecule has 0 fully saturated rings. The Morgan fingerprint density at radius 2 is 1.91 bits per heavy atom. The number of benzene rings is 2. The molecule has 4 rings (SSSR count). The van der Waals surface area contributed by atoms with Crippen LogP contribution in [0.1, 0.15) is 18.4 Å². The Balaban J connectivity index is 1.44. The van der Waals surface area contributed by atoms with Crippen molar-refractivity contribution in [1.82, 2.24) is 9.97 Å². The summed E-state index contributed by atoms with van der Waals surface area (Å²) >= 11 is 6.80. The summed E-state index contributed by atoms with van der Waals surface area (Å²) in [4.78, 5) is 25.0. The van der Waals surface area contributed by atoms with Gasteiger partial charge in [-0.15, -0.1) is 11.8 Å². The molecule has 4 aromatic rings. The van der Waals surface area contributed by atoms with Gasteiger partial charge in [-0.1, -0.05) is 27.3 Å². The molecule has 164 valence electrons. The highest BCUT2D eigenvalue weighted by atomic mass is 79.9. The first-order chi connectivity index (χ1) is 15.6. The normalized spacial score (nSPS) is 10.9. The third-order valence-corrected chi connectivity index (χ3v) is 7.46. The second-order valence-corrected chi connectivity index (χ2v) is 10.2. The van der Waals surface area contributed by atoms with Gasteiger partial charge < -0.3 is 4.74 Å². The van der Waals surface area contributed by atoms with E-state index in [-0.39, 0.29) is 5.91 Å². The molecule has 0 aliphatic carbocycles. The highest BCUT2D eigenvalue weighted by molar-refractivity contribution is 9.10. The molecule has 5 nitrogen and oxygen atoms in total. The van der Waals surface area contributed by atoms with Crippen molar-refractivity contribution in [1.29, 1.82) is 0 Å². The lowest BCUT2D eigenvalue weighted by Gasteiger charge is -2.20. The number of amides is 1. The molecular formula is C24H22BrN3O2S2. The quantitative estimate of drug-likeness (QED) is 0.182. The van der Waals surface area contributed by atoms with Crippen LogP contribution in [-0.4, -0.2) is 28.7 Å². The highest BCUT2D eigenvalue weighted by Gasteiger charge is 2.20. The molecule has 0 unspecified atom stereocenters. The van der Waals surface area contributed by atoms with Gasteiger partial charge in [0, 0.05) is 28.2 Å². The molecule has 2 aromatic heterocycles. The maximum absolute atomic E-state index is 13.2. The van der Waals surface area contributed by atoms with E-state index < -0.39 is 0 Å². The molecule has 0 atom stereocenters. The Morgan fingerprint density at radius 3 is 2.66 bits per heavy atom. The zero-order valence-corrected chi connectivity index (χ0v) is 20.8. The van der Waals surface area contributed by atoms with Crippen molar-refractivity contribution in [3.05, 3.63) is 77.0 Å². The second kappa shape index (κ2) is 10.9. The summed E-state index contributed by atoms with van der Waals surface area (Å²) in [5.74, 6) is 1.79. The molecule has 2 heterocycles. The van der Waals surface area contributed by atoms with E-state index in [9.17, 15) is 4.79 Å². The van der Waals surface area contributed by atoms with Crippen molar-refractivity contribution in [2.24, 2.45) is 0 Å². The molecule has 0 saturated heterocycles. The van der Waals surface area contributed by atoms with E-state index in [1.54, 1.807) is 36.2 Å². The minimum absolute atomic E-state index is 0.0789. The molecule has 0 bridgehead atoms. The predicted molar refractivity (Wildman–Crippen MR) is 136 cm³/mol. The third kappa shape index (κ3) is 5.88. The molecule has 8 heteroatoms. The fraction of sp³-hybridized carbons (Fsp3) is 0.208. The fourth-order valence-corrected chi connectivity index (χ4v) is 5.54. The molecule has 2 aromatic carbocycles. The van der Waals surface area contributed by atoms with E-state index >= 15 is 0 Å². The van der Waals surface area contributed by atoms with E-state index in [1.807, 2.05) is 54.6 Å². The van der Waals surface area contributed by atoms with Crippen LogP contribution < -0.4 is 9.64 Å². The zero-order chi connectivity index (χ0) is 22.3. The van der Waals surface area contributed by atoms with Crippen LogP contribution in [0, 0.1) is 0 Å². The Hall–Kier alpha value is -2.42. The van der Waals surface area contributed by atoms with Crippen molar-refractivity contribution in [3.63, 3.8) is 0 Å². The number of methoxy groups -OCH3 is 1. The summed E-state index contributed by atoms with van der Waals surface area (Å²) in [6, 6.07) is 17.8. The van der Waals surface area contributed by atoms with Crippen molar-refractivity contribution in [2.45, 2.75) is 24.3 Å². The van der Waals surface area contributed by atoms with E-state index in [2.05, 4.69) is 20.9 Å². The van der Waals surface area contributed by atoms with E-state index in [0.717, 1.165) is 43.3 Å². The number of hydrogen-bond acceptors (Lipinski definition) is 6. The number of halogens is 1. The lowest BCUT2D eigenvalue weighted by atomic mass is 10.2. The zero-order valence-electron chi connectivity index (χ0n) is 17.5. The van der Waals surface area contributed by atoms with E-state index in [0.29, 0.717) is 13.0 Å². The number of carbonyl (C=O) groups excluding carboxylic acids is 1. The summed E-state index contributed by atoms with van der Waals surface area (Å²) < 4.78 is 7.26. The number of aromatic nitrogens is 2. The molecule has 0 aliphatic heterocycles. The van der Waals surface area contributed by atoms with Crippen LogP contribution in [0.25, 0.3) is 10.2 Å². The van der Waals surface area contributed by atoms with Crippen LogP contribution in [0.3, 0.4) is 0 Å². The molecule has 0 aliphatic rings. The maximum Gasteiger partial charge on any atom is 0.229 e. The average Bonchev–Trinajstić information content (AvgIpc) is 3.24. The number of anilines is 1. The Bertz CT molecular complexity index is 1180. The predicted octanol–water partition coefficient (Wildman–Crippen LogP) is 6.57. The monoisotopic (exact) mass is 527 g/mol. The van der Waals surface area contributed by atoms with Crippen LogP contribution in [-0.2, 0) is 11.3 Å². The van der Waals surface area contributed by atoms with Gasteiger partial charge in [0.1, 0.15) is 5.75 Å². The highest BCUT2D eigenvalue weighted by Crippen LogP contribution is 2.32. The molecule has 0 N–H and O–H groups in total. The van der Waals surface area contributed by atoms with Crippen molar-refractivity contribution in [3.8, 4) is 5.75 Å². The number of ether oxygens (including phenoxy) is 1. The molecule has 0 spiro atoms. The average molecular weight is 528 g/mol. The SMILES string of the molecule is COc1ccc(SCCCC(=O)N(Cc2ccncc2)c2nc3ccc(Br)cc3s2)cc1. The first-order valence-corrected chi connectivity index (χ1v) is 12.7.